The summed E-state index contributed by atoms with van der Waals surface area (Å²) in [6.45, 7) is 14.9. The molecule has 0 heterocycles. The summed E-state index contributed by atoms with van der Waals surface area (Å²) in [4.78, 5) is 2.36. The second kappa shape index (κ2) is 6.29. The van der Waals surface area contributed by atoms with Crippen LogP contribution in [0.3, 0.4) is 0 Å². The van der Waals surface area contributed by atoms with E-state index in [4.69, 9.17) is 0 Å². The largest absolute Gasteiger partial charge is 0.291 e. The van der Waals surface area contributed by atoms with Crippen LogP contribution in [-0.2, 0) is 6.54 Å². The van der Waals surface area contributed by atoms with Crippen LogP contribution < -0.4 is 0 Å². The second-order valence-corrected chi connectivity index (χ2v) is 4.54. The smallest absolute Gasteiger partial charge is 0.0240 e. The molecule has 0 saturated carbocycles. The van der Waals surface area contributed by atoms with Crippen LogP contribution in [0.15, 0.2) is 54.6 Å². The minimum absolute atomic E-state index is 0.932. The Bertz CT molecular complexity index is 335. The highest BCUT2D eigenvalue weighted by atomic mass is 15.1. The third kappa shape index (κ3) is 4.94. The summed E-state index contributed by atoms with van der Waals surface area (Å²) in [5.74, 6) is 0. The van der Waals surface area contributed by atoms with Gasteiger partial charge in [-0.3, -0.25) is 4.90 Å². The van der Waals surface area contributed by atoms with Crippen molar-refractivity contribution in [2.75, 3.05) is 13.1 Å². The van der Waals surface area contributed by atoms with Crippen LogP contribution in [0.1, 0.15) is 19.4 Å². The number of hydrogen-bond donors (Lipinski definition) is 0. The van der Waals surface area contributed by atoms with Crippen LogP contribution in [0.4, 0.5) is 0 Å². The zero-order chi connectivity index (χ0) is 12.0. The molecule has 1 heteroatoms. The fraction of sp³-hybridized carbons (Fsp3) is 0.333. The van der Waals surface area contributed by atoms with Gasteiger partial charge in [0.05, 0.1) is 0 Å². The average Bonchev–Trinajstić information content (AvgIpc) is 2.16. The first-order valence-electron chi connectivity index (χ1n) is 5.63. The quantitative estimate of drug-likeness (QED) is 0.655. The summed E-state index contributed by atoms with van der Waals surface area (Å²) in [6, 6.07) is 10.5. The monoisotopic (exact) mass is 215 g/mol. The molecule has 0 saturated heterocycles. The van der Waals surface area contributed by atoms with E-state index in [0.29, 0.717) is 0 Å². The molecule has 0 amide bonds. The maximum Gasteiger partial charge on any atom is 0.0240 e. The highest BCUT2D eigenvalue weighted by Gasteiger charge is 2.05. The normalized spacial score (nSPS) is 10.4. The van der Waals surface area contributed by atoms with Gasteiger partial charge >= 0.3 is 0 Å². The van der Waals surface area contributed by atoms with E-state index in [1.54, 1.807) is 0 Å². The first kappa shape index (κ1) is 12.7. The molecule has 0 aliphatic rings. The van der Waals surface area contributed by atoms with E-state index in [-0.39, 0.29) is 0 Å². The molecule has 1 rings (SSSR count). The Kier molecular flexibility index (Phi) is 5.00. The van der Waals surface area contributed by atoms with E-state index in [9.17, 15) is 0 Å². The fourth-order valence-corrected chi connectivity index (χ4v) is 1.77. The number of nitrogens with zero attached hydrogens (tertiary/aromatic N) is 1. The van der Waals surface area contributed by atoms with Gasteiger partial charge in [0.1, 0.15) is 0 Å². The van der Waals surface area contributed by atoms with Crippen LogP contribution >= 0.6 is 0 Å². The molecule has 0 unspecified atom stereocenters. The molecule has 0 aliphatic heterocycles. The number of rotatable bonds is 6. The van der Waals surface area contributed by atoms with E-state index in [1.807, 2.05) is 6.07 Å². The maximum absolute atomic E-state index is 3.97. The molecule has 0 aliphatic carbocycles. The summed E-state index contributed by atoms with van der Waals surface area (Å²) >= 11 is 0. The molecular weight excluding hydrogens is 194 g/mol. The zero-order valence-electron chi connectivity index (χ0n) is 10.4. The third-order valence-electron chi connectivity index (χ3n) is 2.24. The average molecular weight is 215 g/mol. The molecule has 0 atom stereocenters. The van der Waals surface area contributed by atoms with Gasteiger partial charge in [0.15, 0.2) is 0 Å². The lowest BCUT2D eigenvalue weighted by atomic mass is 10.2. The molecule has 0 spiro atoms. The number of benzene rings is 1. The van der Waals surface area contributed by atoms with Crippen LogP contribution in [0.25, 0.3) is 0 Å². The Morgan fingerprint density at radius 2 is 1.50 bits per heavy atom. The van der Waals surface area contributed by atoms with Crippen molar-refractivity contribution < 1.29 is 0 Å². The molecule has 0 aromatic heterocycles. The van der Waals surface area contributed by atoms with Crippen molar-refractivity contribution >= 4 is 0 Å². The second-order valence-electron chi connectivity index (χ2n) is 4.54. The van der Waals surface area contributed by atoms with Gasteiger partial charge in [-0.25, -0.2) is 0 Å². The maximum atomic E-state index is 3.97. The standard InChI is InChI=1S/C15H21N/c1-13(2)10-16(11-14(3)4)12-15-8-6-5-7-9-15/h5-9H,1,3,10-12H2,2,4H3. The summed E-state index contributed by atoms with van der Waals surface area (Å²) in [5, 5.41) is 0. The van der Waals surface area contributed by atoms with E-state index in [0.717, 1.165) is 19.6 Å². The summed E-state index contributed by atoms with van der Waals surface area (Å²) in [5.41, 5.74) is 3.72. The van der Waals surface area contributed by atoms with Gasteiger partial charge in [0.2, 0.25) is 0 Å². The van der Waals surface area contributed by atoms with E-state index in [2.05, 4.69) is 56.2 Å². The Hall–Kier alpha value is -1.34. The predicted molar refractivity (Wildman–Crippen MR) is 71.3 cm³/mol. The topological polar surface area (TPSA) is 3.24 Å². The lowest BCUT2D eigenvalue weighted by molar-refractivity contribution is 0.313. The Labute approximate surface area is 99.1 Å². The van der Waals surface area contributed by atoms with Crippen molar-refractivity contribution in [1.82, 2.24) is 4.90 Å². The minimum atomic E-state index is 0.932. The third-order valence-corrected chi connectivity index (χ3v) is 2.24. The Morgan fingerprint density at radius 3 is 1.94 bits per heavy atom. The van der Waals surface area contributed by atoms with Gasteiger partial charge in [0.25, 0.3) is 0 Å². The minimum Gasteiger partial charge on any atom is -0.291 e. The molecule has 0 bridgehead atoms. The summed E-state index contributed by atoms with van der Waals surface area (Å²) in [6.07, 6.45) is 0. The lowest BCUT2D eigenvalue weighted by Crippen LogP contribution is -2.26. The van der Waals surface area contributed by atoms with Crippen molar-refractivity contribution in [3.8, 4) is 0 Å². The van der Waals surface area contributed by atoms with E-state index >= 15 is 0 Å². The van der Waals surface area contributed by atoms with Gasteiger partial charge in [-0.15, -0.1) is 0 Å². The predicted octanol–water partition coefficient (Wildman–Crippen LogP) is 3.64. The van der Waals surface area contributed by atoms with Crippen LogP contribution in [-0.4, -0.2) is 18.0 Å². The molecule has 0 radical (unpaired) electrons. The van der Waals surface area contributed by atoms with Gasteiger partial charge in [-0.1, -0.05) is 54.6 Å². The van der Waals surface area contributed by atoms with Crippen LogP contribution in [0, 0.1) is 0 Å². The lowest BCUT2D eigenvalue weighted by Gasteiger charge is -2.22. The van der Waals surface area contributed by atoms with Crippen molar-refractivity contribution in [3.05, 3.63) is 60.2 Å². The van der Waals surface area contributed by atoms with Gasteiger partial charge in [-0.2, -0.15) is 0 Å². The van der Waals surface area contributed by atoms with E-state index < -0.39 is 0 Å². The van der Waals surface area contributed by atoms with Crippen molar-refractivity contribution in [3.63, 3.8) is 0 Å². The van der Waals surface area contributed by atoms with Crippen LogP contribution in [0.5, 0.6) is 0 Å². The molecule has 0 fully saturated rings. The SMILES string of the molecule is C=C(C)CN(CC(=C)C)Cc1ccccc1. The molecule has 1 aromatic carbocycles. The van der Waals surface area contributed by atoms with Gasteiger partial charge in [-0.05, 0) is 19.4 Å². The molecule has 16 heavy (non-hydrogen) atoms. The first-order valence-corrected chi connectivity index (χ1v) is 5.63. The fourth-order valence-electron chi connectivity index (χ4n) is 1.77. The van der Waals surface area contributed by atoms with Gasteiger partial charge in [0, 0.05) is 19.6 Å². The molecule has 1 aromatic rings. The zero-order valence-corrected chi connectivity index (χ0v) is 10.4. The molecular formula is C15H21N. The molecule has 0 N–H and O–H groups in total. The number of hydrogen-bond acceptors (Lipinski definition) is 1. The molecule has 86 valence electrons. The Balaban J connectivity index is 2.63. The van der Waals surface area contributed by atoms with Crippen molar-refractivity contribution in [1.29, 1.82) is 0 Å². The highest BCUT2D eigenvalue weighted by molar-refractivity contribution is 5.15. The van der Waals surface area contributed by atoms with Gasteiger partial charge < -0.3 is 0 Å². The Morgan fingerprint density at radius 1 is 1.00 bits per heavy atom. The van der Waals surface area contributed by atoms with Crippen molar-refractivity contribution in [2.24, 2.45) is 0 Å². The highest BCUT2D eigenvalue weighted by Crippen LogP contribution is 2.08. The first-order chi connectivity index (χ1) is 7.58. The van der Waals surface area contributed by atoms with Crippen LogP contribution in [0.2, 0.25) is 0 Å². The van der Waals surface area contributed by atoms with E-state index in [1.165, 1.54) is 16.7 Å². The van der Waals surface area contributed by atoms with Crippen molar-refractivity contribution in [2.45, 2.75) is 20.4 Å². The molecule has 1 nitrogen and oxygen atoms in total. The summed E-state index contributed by atoms with van der Waals surface area (Å²) in [7, 11) is 0. The summed E-state index contributed by atoms with van der Waals surface area (Å²) < 4.78 is 0.